The van der Waals surface area contributed by atoms with Crippen LogP contribution in [0.1, 0.15) is 12.8 Å². The summed E-state index contributed by atoms with van der Waals surface area (Å²) in [6.07, 6.45) is 0.983. The van der Waals surface area contributed by atoms with Crippen LogP contribution in [0.5, 0.6) is 17.2 Å². The van der Waals surface area contributed by atoms with E-state index in [1.54, 1.807) is 21.3 Å². The van der Waals surface area contributed by atoms with E-state index in [0.29, 0.717) is 53.2 Å². The highest BCUT2D eigenvalue weighted by Gasteiger charge is 2.32. The lowest BCUT2D eigenvalue weighted by Gasteiger charge is -2.31. The van der Waals surface area contributed by atoms with Crippen molar-refractivity contribution in [1.82, 2.24) is 4.98 Å². The van der Waals surface area contributed by atoms with E-state index in [-0.39, 0.29) is 4.90 Å². The fourth-order valence-corrected chi connectivity index (χ4v) is 7.36. The van der Waals surface area contributed by atoms with Crippen molar-refractivity contribution in [2.75, 3.05) is 39.3 Å². The number of methoxy groups -OCH3 is 3. The minimum Gasteiger partial charge on any atom is -0.493 e. The number of nitrogens with zero attached hydrogens (tertiary/aromatic N) is 2. The fourth-order valence-electron chi connectivity index (χ4n) is 4.01. The van der Waals surface area contributed by atoms with Crippen LogP contribution in [-0.4, -0.2) is 53.1 Å². The number of piperidine rings is 1. The van der Waals surface area contributed by atoms with Crippen molar-refractivity contribution in [3.63, 3.8) is 0 Å². The third-order valence-corrected chi connectivity index (χ3v) is 9.35. The van der Waals surface area contributed by atoms with Gasteiger partial charge in [0.15, 0.2) is 26.5 Å². The van der Waals surface area contributed by atoms with Crippen LogP contribution in [0.4, 0.5) is 5.13 Å². The zero-order chi connectivity index (χ0) is 24.5. The van der Waals surface area contributed by atoms with Crippen LogP contribution in [-0.2, 0) is 9.84 Å². The Morgan fingerprint density at radius 2 is 1.53 bits per heavy atom. The van der Waals surface area contributed by atoms with Gasteiger partial charge >= 0.3 is 0 Å². The standard InChI is InChI=1S/C23H24Cl2N2O5S2/c1-30-20-8-14(9-21(31-2)22(20)32-3)19-13-33-23(26-19)27-6-4-17(5-7-27)34(28,29)18-11-15(24)10-16(25)12-18/h8-13,17H,4-7H2,1-3H3. The number of aromatic nitrogens is 1. The van der Waals surface area contributed by atoms with Gasteiger partial charge in [-0.15, -0.1) is 11.3 Å². The van der Waals surface area contributed by atoms with Crippen LogP contribution >= 0.6 is 34.5 Å². The number of sulfone groups is 1. The van der Waals surface area contributed by atoms with E-state index in [4.69, 9.17) is 42.4 Å². The van der Waals surface area contributed by atoms with Gasteiger partial charge in [0.1, 0.15) is 0 Å². The molecule has 0 atom stereocenters. The zero-order valence-electron chi connectivity index (χ0n) is 18.9. The number of hydrogen-bond donors (Lipinski definition) is 0. The molecule has 3 aromatic rings. The second kappa shape index (κ2) is 10.2. The van der Waals surface area contributed by atoms with E-state index >= 15 is 0 Å². The number of rotatable bonds is 7. The minimum atomic E-state index is -3.52. The first-order valence-corrected chi connectivity index (χ1v) is 13.7. The highest BCUT2D eigenvalue weighted by molar-refractivity contribution is 7.92. The largest absolute Gasteiger partial charge is 0.493 e. The first-order valence-electron chi connectivity index (χ1n) is 10.5. The monoisotopic (exact) mass is 542 g/mol. The molecular weight excluding hydrogens is 519 g/mol. The highest BCUT2D eigenvalue weighted by Crippen LogP contribution is 2.42. The van der Waals surface area contributed by atoms with Crippen molar-refractivity contribution >= 4 is 49.5 Å². The Morgan fingerprint density at radius 1 is 0.941 bits per heavy atom. The van der Waals surface area contributed by atoms with Gasteiger partial charge in [0.2, 0.25) is 5.75 Å². The van der Waals surface area contributed by atoms with E-state index in [1.807, 2.05) is 17.5 Å². The maximum atomic E-state index is 13.1. The molecule has 34 heavy (non-hydrogen) atoms. The van der Waals surface area contributed by atoms with Gasteiger partial charge in [0.05, 0.1) is 37.2 Å². The molecule has 1 saturated heterocycles. The Bertz CT molecular complexity index is 1240. The lowest BCUT2D eigenvalue weighted by molar-refractivity contribution is 0.324. The van der Waals surface area contributed by atoms with Crippen LogP contribution in [0.25, 0.3) is 11.3 Å². The lowest BCUT2D eigenvalue weighted by atomic mass is 10.1. The number of anilines is 1. The summed E-state index contributed by atoms with van der Waals surface area (Å²) in [5.41, 5.74) is 1.62. The van der Waals surface area contributed by atoms with E-state index < -0.39 is 15.1 Å². The summed E-state index contributed by atoms with van der Waals surface area (Å²) in [6.45, 7) is 1.17. The molecule has 0 unspecified atom stereocenters. The minimum absolute atomic E-state index is 0.169. The Kier molecular flexibility index (Phi) is 7.47. The molecule has 4 rings (SSSR count). The van der Waals surface area contributed by atoms with Crippen molar-refractivity contribution < 1.29 is 22.6 Å². The smallest absolute Gasteiger partial charge is 0.203 e. The van der Waals surface area contributed by atoms with Crippen molar-refractivity contribution in [2.24, 2.45) is 0 Å². The molecule has 2 aromatic carbocycles. The molecule has 1 aliphatic heterocycles. The van der Waals surface area contributed by atoms with E-state index in [0.717, 1.165) is 16.4 Å². The molecule has 11 heteroatoms. The highest BCUT2D eigenvalue weighted by atomic mass is 35.5. The summed E-state index contributed by atoms with van der Waals surface area (Å²) < 4.78 is 42.5. The molecule has 1 fully saturated rings. The van der Waals surface area contributed by atoms with Crippen molar-refractivity contribution in [2.45, 2.75) is 23.0 Å². The molecule has 0 N–H and O–H groups in total. The second-order valence-corrected chi connectivity index (χ2v) is 11.7. The molecule has 182 valence electrons. The van der Waals surface area contributed by atoms with Gasteiger partial charge in [0.25, 0.3) is 0 Å². The van der Waals surface area contributed by atoms with Gasteiger partial charge in [-0.05, 0) is 43.2 Å². The predicted molar refractivity (Wildman–Crippen MR) is 136 cm³/mol. The summed E-state index contributed by atoms with van der Waals surface area (Å²) >= 11 is 13.6. The molecule has 0 bridgehead atoms. The topological polar surface area (TPSA) is 78.0 Å². The van der Waals surface area contributed by atoms with Gasteiger partial charge in [-0.2, -0.15) is 0 Å². The van der Waals surface area contributed by atoms with Crippen molar-refractivity contribution in [3.05, 3.63) is 45.8 Å². The first-order chi connectivity index (χ1) is 16.3. The Morgan fingerprint density at radius 3 is 2.06 bits per heavy atom. The van der Waals surface area contributed by atoms with E-state index in [9.17, 15) is 8.42 Å². The van der Waals surface area contributed by atoms with Crippen LogP contribution in [0.15, 0.2) is 40.6 Å². The van der Waals surface area contributed by atoms with Gasteiger partial charge in [-0.3, -0.25) is 0 Å². The van der Waals surface area contributed by atoms with Gasteiger partial charge in [0, 0.05) is 34.1 Å². The zero-order valence-corrected chi connectivity index (χ0v) is 22.0. The second-order valence-electron chi connectivity index (χ2n) is 7.77. The molecule has 1 aromatic heterocycles. The summed E-state index contributed by atoms with van der Waals surface area (Å²) in [5, 5.41) is 2.93. The maximum absolute atomic E-state index is 13.1. The predicted octanol–water partition coefficient (Wildman–Crippen LogP) is 5.59. The van der Waals surface area contributed by atoms with Gasteiger partial charge < -0.3 is 19.1 Å². The summed E-state index contributed by atoms with van der Waals surface area (Å²) in [6, 6.07) is 8.16. The van der Waals surface area contributed by atoms with Gasteiger partial charge in [-0.1, -0.05) is 23.2 Å². The number of hydrogen-bond acceptors (Lipinski definition) is 8. The molecule has 0 amide bonds. The SMILES string of the molecule is COc1cc(-c2csc(N3CCC(S(=O)(=O)c4cc(Cl)cc(Cl)c4)CC3)n2)cc(OC)c1OC. The third kappa shape index (κ3) is 4.93. The van der Waals surface area contributed by atoms with E-state index in [1.165, 1.54) is 29.5 Å². The molecule has 0 aliphatic carbocycles. The Balaban J connectivity index is 1.50. The Hall–Kier alpha value is -2.20. The molecule has 2 heterocycles. The van der Waals surface area contributed by atoms with Crippen LogP contribution in [0.3, 0.4) is 0 Å². The molecule has 7 nitrogen and oxygen atoms in total. The Labute approximate surface area is 213 Å². The normalized spacial score (nSPS) is 14.8. The fraction of sp³-hybridized carbons (Fsp3) is 0.348. The number of halogens is 2. The first kappa shape index (κ1) is 24.9. The summed E-state index contributed by atoms with van der Waals surface area (Å²) in [5.74, 6) is 1.63. The number of ether oxygens (including phenoxy) is 3. The quantitative estimate of drug-likeness (QED) is 0.385. The third-order valence-electron chi connectivity index (χ3n) is 5.77. The maximum Gasteiger partial charge on any atom is 0.203 e. The molecule has 1 aliphatic rings. The van der Waals surface area contributed by atoms with Crippen LogP contribution in [0, 0.1) is 0 Å². The van der Waals surface area contributed by atoms with Crippen LogP contribution < -0.4 is 19.1 Å². The summed E-state index contributed by atoms with van der Waals surface area (Å²) in [4.78, 5) is 7.07. The molecule has 0 radical (unpaired) electrons. The van der Waals surface area contributed by atoms with Crippen molar-refractivity contribution in [3.8, 4) is 28.5 Å². The molecule has 0 spiro atoms. The molecule has 0 saturated carbocycles. The number of thiazole rings is 1. The average Bonchev–Trinajstić information content (AvgIpc) is 3.33. The lowest BCUT2D eigenvalue weighted by Crippen LogP contribution is -2.39. The summed E-state index contributed by atoms with van der Waals surface area (Å²) in [7, 11) is 1.18. The van der Waals surface area contributed by atoms with Gasteiger partial charge in [-0.25, -0.2) is 13.4 Å². The van der Waals surface area contributed by atoms with E-state index in [2.05, 4.69) is 4.90 Å². The van der Waals surface area contributed by atoms with Crippen LogP contribution in [0.2, 0.25) is 10.0 Å². The number of benzene rings is 2. The average molecular weight is 543 g/mol. The molecular formula is C23H24Cl2N2O5S2. The van der Waals surface area contributed by atoms with Crippen molar-refractivity contribution in [1.29, 1.82) is 0 Å².